The van der Waals surface area contributed by atoms with E-state index >= 15 is 0 Å². The molecule has 4 nitrogen and oxygen atoms in total. The average Bonchev–Trinajstić information content (AvgIpc) is 3.17. The fraction of sp³-hybridized carbons (Fsp3) is 0.222. The number of aromatic nitrogens is 2. The summed E-state index contributed by atoms with van der Waals surface area (Å²) in [6.45, 7) is 1.86. The molecule has 0 atom stereocenters. The van der Waals surface area contributed by atoms with Crippen LogP contribution in [0.5, 0.6) is 0 Å². The Balaban J connectivity index is 0.00000104. The first-order chi connectivity index (χ1) is 10.9. The van der Waals surface area contributed by atoms with E-state index in [0.29, 0.717) is 0 Å². The number of nitrogens with zero attached hydrogens (tertiary/aromatic N) is 3. The van der Waals surface area contributed by atoms with E-state index in [1.807, 2.05) is 18.7 Å². The molecule has 0 aliphatic carbocycles. The van der Waals surface area contributed by atoms with Gasteiger partial charge in [-0.15, -0.1) is 24.8 Å². The zero-order valence-electron chi connectivity index (χ0n) is 13.2. The number of amidine groups is 1. The quantitative estimate of drug-likeness (QED) is 0.677. The van der Waals surface area contributed by atoms with Crippen molar-refractivity contribution in [3.05, 3.63) is 60.7 Å². The van der Waals surface area contributed by atoms with Gasteiger partial charge in [-0.25, -0.2) is 4.98 Å². The van der Waals surface area contributed by atoms with Crippen molar-refractivity contribution in [2.24, 2.45) is 4.99 Å². The average molecular weight is 363 g/mol. The van der Waals surface area contributed by atoms with Crippen LogP contribution in [-0.4, -0.2) is 21.9 Å². The largest absolute Gasteiger partial charge is 0.339 e. The lowest BCUT2D eigenvalue weighted by atomic mass is 10.1. The maximum absolute atomic E-state index is 4.76. The minimum atomic E-state index is 0. The van der Waals surface area contributed by atoms with Crippen LogP contribution in [0.25, 0.3) is 10.8 Å². The second kappa shape index (κ2) is 8.18. The third-order valence-electron chi connectivity index (χ3n) is 4.07. The number of unbranched alkanes of at least 4 members (excludes halogenated alkanes) is 1. The molecule has 0 amide bonds. The van der Waals surface area contributed by atoms with Crippen molar-refractivity contribution in [3.8, 4) is 0 Å². The molecule has 0 spiro atoms. The molecule has 3 aromatic rings. The predicted molar refractivity (Wildman–Crippen MR) is 105 cm³/mol. The highest BCUT2D eigenvalue weighted by atomic mass is 35.5. The highest BCUT2D eigenvalue weighted by molar-refractivity contribution is 6.25. The Morgan fingerprint density at radius 2 is 1.88 bits per heavy atom. The summed E-state index contributed by atoms with van der Waals surface area (Å²) in [7, 11) is 0. The molecule has 24 heavy (non-hydrogen) atoms. The van der Waals surface area contributed by atoms with Crippen LogP contribution >= 0.6 is 24.8 Å². The number of nitrogens with one attached hydrogen (secondary N) is 1. The zero-order chi connectivity index (χ0) is 14.8. The first kappa shape index (κ1) is 18.3. The summed E-state index contributed by atoms with van der Waals surface area (Å²) in [4.78, 5) is 8.82. The number of benzene rings is 2. The number of anilines is 1. The number of aliphatic imine (C=N–C) groups is 1. The number of aryl methyl sites for hydroxylation is 1. The van der Waals surface area contributed by atoms with Gasteiger partial charge in [0, 0.05) is 42.1 Å². The summed E-state index contributed by atoms with van der Waals surface area (Å²) in [6, 6.07) is 12.8. The highest BCUT2D eigenvalue weighted by Crippen LogP contribution is 2.32. The Bertz CT molecular complexity index is 823. The van der Waals surface area contributed by atoms with Crippen molar-refractivity contribution in [2.75, 3.05) is 11.9 Å². The van der Waals surface area contributed by atoms with Crippen molar-refractivity contribution in [1.29, 1.82) is 0 Å². The first-order valence-corrected chi connectivity index (χ1v) is 7.71. The van der Waals surface area contributed by atoms with Crippen molar-refractivity contribution < 1.29 is 0 Å². The lowest BCUT2D eigenvalue weighted by molar-refractivity contribution is 0.615. The maximum atomic E-state index is 4.76. The van der Waals surface area contributed by atoms with Crippen LogP contribution in [0.1, 0.15) is 18.4 Å². The topological polar surface area (TPSA) is 42.2 Å². The van der Waals surface area contributed by atoms with Gasteiger partial charge in [-0.2, -0.15) is 0 Å². The number of hydrogen-bond acceptors (Lipinski definition) is 2. The molecule has 2 heterocycles. The van der Waals surface area contributed by atoms with Crippen LogP contribution in [-0.2, 0) is 6.54 Å². The van der Waals surface area contributed by atoms with Gasteiger partial charge in [0.1, 0.15) is 5.84 Å². The van der Waals surface area contributed by atoms with E-state index in [2.05, 4.69) is 51.3 Å². The lowest BCUT2D eigenvalue weighted by Gasteiger charge is -2.02. The van der Waals surface area contributed by atoms with E-state index in [1.54, 1.807) is 0 Å². The Morgan fingerprint density at radius 1 is 1.04 bits per heavy atom. The first-order valence-electron chi connectivity index (χ1n) is 7.71. The Kier molecular flexibility index (Phi) is 6.23. The molecule has 0 bridgehead atoms. The third-order valence-corrected chi connectivity index (χ3v) is 4.07. The van der Waals surface area contributed by atoms with Gasteiger partial charge in [0.05, 0.1) is 6.33 Å². The molecule has 1 aliphatic heterocycles. The van der Waals surface area contributed by atoms with Crippen LogP contribution < -0.4 is 5.32 Å². The van der Waals surface area contributed by atoms with Gasteiger partial charge in [-0.1, -0.05) is 30.3 Å². The molecular weight excluding hydrogens is 343 g/mol. The molecule has 0 fully saturated rings. The summed E-state index contributed by atoms with van der Waals surface area (Å²) in [5, 5.41) is 6.01. The van der Waals surface area contributed by atoms with Crippen LogP contribution in [0.3, 0.4) is 0 Å². The number of hydrogen-bond donors (Lipinski definition) is 1. The standard InChI is InChI=1S/C18H18N4.2ClH/c1(2-11-22-12-10-19-13-22)9-20-18-15-7-3-5-14-6-4-8-16(21-18)17(14)15;;/h3-8,10,12-13H,1-2,9,11H2,(H,20,21);2*1H. The molecule has 4 rings (SSSR count). The Hall–Kier alpha value is -2.04. The molecule has 126 valence electrons. The maximum Gasteiger partial charge on any atom is 0.133 e. The van der Waals surface area contributed by atoms with Crippen molar-refractivity contribution in [2.45, 2.75) is 19.4 Å². The fourth-order valence-corrected chi connectivity index (χ4v) is 2.98. The van der Waals surface area contributed by atoms with Crippen LogP contribution in [0.4, 0.5) is 5.69 Å². The van der Waals surface area contributed by atoms with Gasteiger partial charge in [0.2, 0.25) is 0 Å². The second-order valence-corrected chi connectivity index (χ2v) is 5.57. The van der Waals surface area contributed by atoms with Gasteiger partial charge in [0.25, 0.3) is 0 Å². The van der Waals surface area contributed by atoms with Crippen LogP contribution in [0, 0.1) is 0 Å². The zero-order valence-corrected chi connectivity index (χ0v) is 14.8. The highest BCUT2D eigenvalue weighted by Gasteiger charge is 2.18. The molecule has 1 aliphatic rings. The van der Waals surface area contributed by atoms with Gasteiger partial charge in [-0.3, -0.25) is 4.99 Å². The van der Waals surface area contributed by atoms with Crippen molar-refractivity contribution in [3.63, 3.8) is 0 Å². The number of rotatable bonds is 5. The fourth-order valence-electron chi connectivity index (χ4n) is 2.98. The monoisotopic (exact) mass is 362 g/mol. The van der Waals surface area contributed by atoms with Crippen molar-refractivity contribution in [1.82, 2.24) is 9.55 Å². The smallest absolute Gasteiger partial charge is 0.133 e. The van der Waals surface area contributed by atoms with E-state index in [9.17, 15) is 0 Å². The van der Waals surface area contributed by atoms with Gasteiger partial charge in [0.15, 0.2) is 0 Å². The van der Waals surface area contributed by atoms with Gasteiger partial charge >= 0.3 is 0 Å². The minimum Gasteiger partial charge on any atom is -0.339 e. The van der Waals surface area contributed by atoms with E-state index in [0.717, 1.165) is 31.8 Å². The van der Waals surface area contributed by atoms with E-state index in [1.165, 1.54) is 22.0 Å². The van der Waals surface area contributed by atoms with E-state index in [4.69, 9.17) is 4.99 Å². The van der Waals surface area contributed by atoms with E-state index < -0.39 is 0 Å². The van der Waals surface area contributed by atoms with Gasteiger partial charge < -0.3 is 9.88 Å². The normalized spacial score (nSPS) is 13.4. The molecule has 2 aromatic carbocycles. The summed E-state index contributed by atoms with van der Waals surface area (Å²) in [6.07, 6.45) is 7.88. The molecule has 0 saturated carbocycles. The summed E-state index contributed by atoms with van der Waals surface area (Å²) >= 11 is 0. The molecule has 1 N–H and O–H groups in total. The van der Waals surface area contributed by atoms with Crippen molar-refractivity contribution >= 4 is 47.1 Å². The van der Waals surface area contributed by atoms with Gasteiger partial charge in [-0.05, 0) is 24.3 Å². The lowest BCUT2D eigenvalue weighted by Crippen LogP contribution is -2.08. The molecular formula is C18H20Cl2N4. The summed E-state index contributed by atoms with van der Waals surface area (Å²) in [5.74, 6) is 1.01. The SMILES string of the molecule is Cl.Cl.c1cc2c3c(cccc3c1)C(=NCCCCn1ccnc1)N2. The third kappa shape index (κ3) is 3.55. The summed E-state index contributed by atoms with van der Waals surface area (Å²) < 4.78 is 2.11. The van der Waals surface area contributed by atoms with Crippen LogP contribution in [0.15, 0.2) is 60.1 Å². The molecule has 1 aromatic heterocycles. The summed E-state index contributed by atoms with van der Waals surface area (Å²) in [5.41, 5.74) is 2.40. The molecule has 0 saturated heterocycles. The van der Waals surface area contributed by atoms with Crippen LogP contribution in [0.2, 0.25) is 0 Å². The molecule has 6 heteroatoms. The molecule has 0 unspecified atom stereocenters. The number of imidazole rings is 1. The predicted octanol–water partition coefficient (Wildman–Crippen LogP) is 4.53. The Morgan fingerprint density at radius 3 is 2.67 bits per heavy atom. The minimum absolute atomic E-state index is 0. The Labute approximate surface area is 153 Å². The number of halogens is 2. The van der Waals surface area contributed by atoms with E-state index in [-0.39, 0.29) is 24.8 Å². The second-order valence-electron chi connectivity index (χ2n) is 5.57. The molecule has 0 radical (unpaired) electrons.